The molecule has 2 nitrogen and oxygen atoms in total. The molecule has 0 amide bonds. The number of hydrogen-bond acceptors (Lipinski definition) is 2. The van der Waals surface area contributed by atoms with Crippen LogP contribution in [0.4, 0.5) is 0 Å². The van der Waals surface area contributed by atoms with Gasteiger partial charge in [0.1, 0.15) is 0 Å². The first-order valence-electron chi connectivity index (χ1n) is 13.8. The summed E-state index contributed by atoms with van der Waals surface area (Å²) in [6.45, 7) is 4.59. The zero-order valence-electron chi connectivity index (χ0n) is 21.6. The molecule has 0 spiro atoms. The summed E-state index contributed by atoms with van der Waals surface area (Å²) in [5.74, 6) is 0. The van der Waals surface area contributed by atoms with Crippen molar-refractivity contribution in [3.63, 3.8) is 0 Å². The number of unbranched alkanes of at least 4 members (excludes halogenated alkanes) is 19. The van der Waals surface area contributed by atoms with Gasteiger partial charge in [0.05, 0.1) is 0 Å². The van der Waals surface area contributed by atoms with Gasteiger partial charge < -0.3 is 8.85 Å². The van der Waals surface area contributed by atoms with Gasteiger partial charge in [0.25, 0.3) is 0 Å². The summed E-state index contributed by atoms with van der Waals surface area (Å²) in [5, 5.41) is 0. The van der Waals surface area contributed by atoms with E-state index in [0.29, 0.717) is 0 Å². The SMILES string of the molecule is CCCCCCCCCCCCCC[Si](CCCCCCCCCCC)(OC)OC. The third-order valence-electron chi connectivity index (χ3n) is 6.82. The van der Waals surface area contributed by atoms with E-state index >= 15 is 0 Å². The summed E-state index contributed by atoms with van der Waals surface area (Å²) in [6.07, 6.45) is 29.4. The third kappa shape index (κ3) is 18.9. The Bertz CT molecular complexity index is 318. The molecule has 0 aromatic rings. The molecule has 0 aliphatic rings. The van der Waals surface area contributed by atoms with E-state index in [2.05, 4.69) is 13.8 Å². The molecular weight excluding hydrogens is 384 g/mol. The van der Waals surface area contributed by atoms with Crippen molar-refractivity contribution < 1.29 is 8.85 Å². The van der Waals surface area contributed by atoms with Gasteiger partial charge in [-0.1, -0.05) is 149 Å². The van der Waals surface area contributed by atoms with Crippen LogP contribution in [0.15, 0.2) is 0 Å². The van der Waals surface area contributed by atoms with Crippen LogP contribution in [0, 0.1) is 0 Å². The van der Waals surface area contributed by atoms with Crippen LogP contribution in [0.25, 0.3) is 0 Å². The van der Waals surface area contributed by atoms with Gasteiger partial charge in [-0.2, -0.15) is 0 Å². The lowest BCUT2D eigenvalue weighted by Crippen LogP contribution is -2.39. The first kappa shape index (κ1) is 30.1. The number of hydrogen-bond donors (Lipinski definition) is 0. The minimum absolute atomic E-state index is 1.19. The normalized spacial score (nSPS) is 12.0. The predicted octanol–water partition coefficient (Wildman–Crippen LogP) is 9.95. The quantitative estimate of drug-likeness (QED) is 0.103. The molecule has 0 aliphatic heterocycles. The molecule has 0 aromatic carbocycles. The van der Waals surface area contributed by atoms with E-state index in [1.807, 2.05) is 14.2 Å². The maximum absolute atomic E-state index is 5.98. The minimum Gasteiger partial charge on any atom is -0.398 e. The molecule has 0 saturated heterocycles. The standard InChI is InChI=1S/C27H58O2Si/c1-5-7-9-11-13-15-16-17-19-21-23-25-27-30(28-3,29-4)26-24-22-20-18-14-12-10-8-6-2/h5-27H2,1-4H3. The molecule has 182 valence electrons. The molecule has 0 heterocycles. The molecule has 0 bridgehead atoms. The van der Waals surface area contributed by atoms with Crippen molar-refractivity contribution >= 4 is 8.56 Å². The van der Waals surface area contributed by atoms with Gasteiger partial charge in [0.15, 0.2) is 0 Å². The smallest absolute Gasteiger partial charge is 0.337 e. The van der Waals surface area contributed by atoms with E-state index in [1.165, 1.54) is 147 Å². The molecule has 0 aliphatic carbocycles. The fourth-order valence-corrected chi connectivity index (χ4v) is 7.37. The highest BCUT2D eigenvalue weighted by atomic mass is 28.4. The molecule has 3 heteroatoms. The number of rotatable bonds is 25. The second kappa shape index (κ2) is 23.8. The van der Waals surface area contributed by atoms with Crippen LogP contribution in [0.3, 0.4) is 0 Å². The van der Waals surface area contributed by atoms with E-state index in [1.54, 1.807) is 0 Å². The highest BCUT2D eigenvalue weighted by molar-refractivity contribution is 6.67. The highest BCUT2D eigenvalue weighted by Gasteiger charge is 2.33. The van der Waals surface area contributed by atoms with Crippen molar-refractivity contribution in [3.05, 3.63) is 0 Å². The van der Waals surface area contributed by atoms with E-state index in [4.69, 9.17) is 8.85 Å². The van der Waals surface area contributed by atoms with Crippen LogP contribution in [-0.2, 0) is 8.85 Å². The topological polar surface area (TPSA) is 18.5 Å². The van der Waals surface area contributed by atoms with Crippen LogP contribution in [0.5, 0.6) is 0 Å². The fraction of sp³-hybridized carbons (Fsp3) is 1.00. The Labute approximate surface area is 192 Å². The summed E-state index contributed by atoms with van der Waals surface area (Å²) in [5.41, 5.74) is 0. The van der Waals surface area contributed by atoms with Gasteiger partial charge in [-0.15, -0.1) is 0 Å². The van der Waals surface area contributed by atoms with Crippen LogP contribution < -0.4 is 0 Å². The summed E-state index contributed by atoms with van der Waals surface area (Å²) < 4.78 is 12.0. The minimum atomic E-state index is -1.93. The lowest BCUT2D eigenvalue weighted by molar-refractivity contribution is 0.238. The van der Waals surface area contributed by atoms with Gasteiger partial charge >= 0.3 is 8.56 Å². The molecule has 0 unspecified atom stereocenters. The maximum atomic E-state index is 5.98. The highest BCUT2D eigenvalue weighted by Crippen LogP contribution is 2.25. The van der Waals surface area contributed by atoms with Gasteiger partial charge in [0, 0.05) is 14.2 Å². The van der Waals surface area contributed by atoms with Crippen LogP contribution in [-0.4, -0.2) is 22.8 Å². The maximum Gasteiger partial charge on any atom is 0.337 e. The molecule has 0 saturated carbocycles. The Morgan fingerprint density at radius 2 is 0.600 bits per heavy atom. The molecular formula is C27H58O2Si. The van der Waals surface area contributed by atoms with Crippen LogP contribution in [0.2, 0.25) is 12.1 Å². The van der Waals surface area contributed by atoms with E-state index in [0.717, 1.165) is 0 Å². The van der Waals surface area contributed by atoms with Crippen molar-refractivity contribution in [3.8, 4) is 0 Å². The largest absolute Gasteiger partial charge is 0.398 e. The van der Waals surface area contributed by atoms with Crippen molar-refractivity contribution in [2.45, 2.75) is 161 Å². The Morgan fingerprint density at radius 1 is 0.367 bits per heavy atom. The molecule has 0 aromatic heterocycles. The average Bonchev–Trinajstić information content (AvgIpc) is 2.77. The molecule has 0 atom stereocenters. The van der Waals surface area contributed by atoms with Crippen LogP contribution >= 0.6 is 0 Å². The molecule has 0 rings (SSSR count). The van der Waals surface area contributed by atoms with Crippen molar-refractivity contribution in [1.82, 2.24) is 0 Å². The zero-order chi connectivity index (χ0) is 22.2. The fourth-order valence-electron chi connectivity index (χ4n) is 4.56. The zero-order valence-corrected chi connectivity index (χ0v) is 22.6. The molecule has 0 fully saturated rings. The van der Waals surface area contributed by atoms with Crippen molar-refractivity contribution in [2.75, 3.05) is 14.2 Å². The lowest BCUT2D eigenvalue weighted by atomic mass is 10.1. The summed E-state index contributed by atoms with van der Waals surface area (Å²) in [4.78, 5) is 0. The second-order valence-corrected chi connectivity index (χ2v) is 13.2. The van der Waals surface area contributed by atoms with E-state index in [9.17, 15) is 0 Å². The summed E-state index contributed by atoms with van der Waals surface area (Å²) in [6, 6.07) is 2.38. The van der Waals surface area contributed by atoms with E-state index in [-0.39, 0.29) is 0 Å². The Kier molecular flexibility index (Phi) is 23.9. The summed E-state index contributed by atoms with van der Waals surface area (Å²) >= 11 is 0. The first-order valence-corrected chi connectivity index (χ1v) is 16.1. The Morgan fingerprint density at radius 3 is 0.833 bits per heavy atom. The average molecular weight is 443 g/mol. The molecule has 0 N–H and O–H groups in total. The third-order valence-corrected chi connectivity index (χ3v) is 10.5. The van der Waals surface area contributed by atoms with Gasteiger partial charge in [-0.25, -0.2) is 0 Å². The summed E-state index contributed by atoms with van der Waals surface area (Å²) in [7, 11) is 1.86. The lowest BCUT2D eigenvalue weighted by Gasteiger charge is -2.27. The van der Waals surface area contributed by atoms with Crippen molar-refractivity contribution in [1.29, 1.82) is 0 Å². The molecule has 30 heavy (non-hydrogen) atoms. The van der Waals surface area contributed by atoms with Gasteiger partial charge in [0.2, 0.25) is 0 Å². The van der Waals surface area contributed by atoms with Gasteiger partial charge in [-0.05, 0) is 12.1 Å². The monoisotopic (exact) mass is 442 g/mol. The Balaban J connectivity index is 3.61. The van der Waals surface area contributed by atoms with E-state index < -0.39 is 8.56 Å². The van der Waals surface area contributed by atoms with Crippen LogP contribution in [0.1, 0.15) is 149 Å². The second-order valence-electron chi connectivity index (χ2n) is 9.54. The molecule has 0 radical (unpaired) electrons. The van der Waals surface area contributed by atoms with Crippen molar-refractivity contribution in [2.24, 2.45) is 0 Å². The Hall–Kier alpha value is 0.137. The first-order chi connectivity index (χ1) is 14.7. The van der Waals surface area contributed by atoms with Gasteiger partial charge in [-0.3, -0.25) is 0 Å². The predicted molar refractivity (Wildman–Crippen MR) is 138 cm³/mol.